The maximum atomic E-state index is 12.8. The molecule has 0 radical (unpaired) electrons. The van der Waals surface area contributed by atoms with Crippen LogP contribution in [0.2, 0.25) is 0 Å². The van der Waals surface area contributed by atoms with Gasteiger partial charge >= 0.3 is 12.1 Å². The summed E-state index contributed by atoms with van der Waals surface area (Å²) >= 11 is 1.09. The van der Waals surface area contributed by atoms with Crippen LogP contribution >= 0.6 is 11.3 Å². The summed E-state index contributed by atoms with van der Waals surface area (Å²) in [7, 11) is 0. The molecular weight excluding hydrogens is 359 g/mol. The zero-order valence-electron chi connectivity index (χ0n) is 12.4. The van der Waals surface area contributed by atoms with Crippen LogP contribution in [0.3, 0.4) is 0 Å². The van der Waals surface area contributed by atoms with Gasteiger partial charge in [0.15, 0.2) is 11.3 Å². The van der Waals surface area contributed by atoms with E-state index in [0.717, 1.165) is 35.7 Å². The quantitative estimate of drug-likeness (QED) is 0.891. The molecule has 0 amide bonds. The Bertz CT molecular complexity index is 920. The second-order valence-corrected chi connectivity index (χ2v) is 6.58. The van der Waals surface area contributed by atoms with E-state index in [1.807, 2.05) is 0 Å². The number of hydrogen-bond donors (Lipinski definition) is 1. The molecule has 1 aliphatic heterocycles. The first-order valence-electron chi connectivity index (χ1n) is 7.01. The number of aliphatic carboxylic acids is 1. The van der Waals surface area contributed by atoms with E-state index in [-0.39, 0.29) is 11.9 Å². The first-order valence-corrected chi connectivity index (χ1v) is 7.83. The van der Waals surface area contributed by atoms with Gasteiger partial charge in [0, 0.05) is 12.5 Å². The van der Waals surface area contributed by atoms with E-state index in [9.17, 15) is 22.8 Å². The van der Waals surface area contributed by atoms with Crippen molar-refractivity contribution in [1.82, 2.24) is 4.98 Å². The molecule has 10 heteroatoms. The second-order valence-electron chi connectivity index (χ2n) is 5.46. The van der Waals surface area contributed by atoms with E-state index >= 15 is 0 Å². The molecule has 2 aromatic rings. The lowest BCUT2D eigenvalue weighted by atomic mass is 9.87. The summed E-state index contributed by atoms with van der Waals surface area (Å²) in [5.74, 6) is -1.76. The number of benzene rings is 1. The van der Waals surface area contributed by atoms with E-state index in [1.54, 1.807) is 0 Å². The number of hydrogen-bond acceptors (Lipinski definition) is 6. The Morgan fingerprint density at radius 2 is 2.08 bits per heavy atom. The summed E-state index contributed by atoms with van der Waals surface area (Å²) in [6.07, 6.45) is -2.92. The highest BCUT2D eigenvalue weighted by Gasteiger charge is 2.42. The average molecular weight is 369 g/mol. The summed E-state index contributed by atoms with van der Waals surface area (Å²) < 4.78 is 38.8. The van der Waals surface area contributed by atoms with E-state index < -0.39 is 35.5 Å². The topological polar surface area (TPSA) is 92.0 Å². The number of thiazole rings is 1. The standard InChI is InChI=1S/C15H10F3N3O3S/c16-15(17,18)8-1-2-10-9(5-8)20-12(25-10)6-14(7-13(23)24)11(22)3-4-19-21-14/h1-5H,6-7H2,(H,23,24). The van der Waals surface area contributed by atoms with Gasteiger partial charge in [-0.25, -0.2) is 4.98 Å². The van der Waals surface area contributed by atoms with Gasteiger partial charge in [0.25, 0.3) is 0 Å². The third-order valence-electron chi connectivity index (χ3n) is 3.65. The maximum absolute atomic E-state index is 12.8. The Labute approximate surface area is 142 Å². The van der Waals surface area contributed by atoms with E-state index in [4.69, 9.17) is 5.11 Å². The molecule has 1 aromatic carbocycles. The van der Waals surface area contributed by atoms with Gasteiger partial charge in [-0.2, -0.15) is 23.4 Å². The van der Waals surface area contributed by atoms with Crippen molar-refractivity contribution in [2.24, 2.45) is 10.2 Å². The predicted octanol–water partition coefficient (Wildman–Crippen LogP) is 3.62. The third kappa shape index (κ3) is 3.43. The van der Waals surface area contributed by atoms with Crippen LogP contribution in [0.5, 0.6) is 0 Å². The Hall–Kier alpha value is -2.62. The third-order valence-corrected chi connectivity index (χ3v) is 4.68. The molecule has 0 saturated carbocycles. The van der Waals surface area contributed by atoms with Gasteiger partial charge in [-0.3, -0.25) is 9.59 Å². The number of carbonyl (C=O) groups excluding carboxylic acids is 1. The van der Waals surface area contributed by atoms with Crippen LogP contribution in [-0.2, 0) is 22.2 Å². The highest BCUT2D eigenvalue weighted by molar-refractivity contribution is 7.18. The number of alkyl halides is 3. The fraction of sp³-hybridized carbons (Fsp3) is 0.267. The summed E-state index contributed by atoms with van der Waals surface area (Å²) in [6.45, 7) is 0. The fourth-order valence-corrected chi connectivity index (χ4v) is 3.54. The molecule has 0 saturated heterocycles. The molecule has 25 heavy (non-hydrogen) atoms. The van der Waals surface area contributed by atoms with Crippen LogP contribution in [0.15, 0.2) is 40.7 Å². The molecular formula is C15H10F3N3O3S. The van der Waals surface area contributed by atoms with Crippen LogP contribution < -0.4 is 0 Å². The molecule has 0 spiro atoms. The largest absolute Gasteiger partial charge is 0.481 e. The monoisotopic (exact) mass is 369 g/mol. The number of carbonyl (C=O) groups is 2. The molecule has 1 aromatic heterocycles. The molecule has 1 N–H and O–H groups in total. The van der Waals surface area contributed by atoms with Gasteiger partial charge < -0.3 is 5.11 Å². The van der Waals surface area contributed by atoms with Crippen molar-refractivity contribution in [3.63, 3.8) is 0 Å². The van der Waals surface area contributed by atoms with Crippen molar-refractivity contribution < 1.29 is 27.9 Å². The maximum Gasteiger partial charge on any atom is 0.416 e. The highest BCUT2D eigenvalue weighted by Crippen LogP contribution is 2.35. The van der Waals surface area contributed by atoms with E-state index in [0.29, 0.717) is 9.71 Å². The molecule has 6 nitrogen and oxygen atoms in total. The van der Waals surface area contributed by atoms with Crippen LogP contribution in [0, 0.1) is 0 Å². The van der Waals surface area contributed by atoms with Crippen molar-refractivity contribution >= 4 is 33.3 Å². The van der Waals surface area contributed by atoms with Crippen molar-refractivity contribution in [1.29, 1.82) is 0 Å². The minimum atomic E-state index is -4.49. The lowest BCUT2D eigenvalue weighted by Crippen LogP contribution is -2.41. The molecule has 1 atom stereocenters. The average Bonchev–Trinajstić information content (AvgIpc) is 2.89. The first-order chi connectivity index (χ1) is 11.7. The van der Waals surface area contributed by atoms with Gasteiger partial charge in [-0.15, -0.1) is 11.3 Å². The van der Waals surface area contributed by atoms with Gasteiger partial charge in [0.1, 0.15) is 0 Å². The van der Waals surface area contributed by atoms with Gasteiger partial charge in [0.2, 0.25) is 0 Å². The number of rotatable bonds is 4. The SMILES string of the molecule is O=C(O)CC1(Cc2nc3cc(C(F)(F)F)ccc3s2)N=NC=CC1=O. The van der Waals surface area contributed by atoms with E-state index in [2.05, 4.69) is 15.2 Å². The van der Waals surface area contributed by atoms with Crippen molar-refractivity contribution in [3.05, 3.63) is 41.0 Å². The summed E-state index contributed by atoms with van der Waals surface area (Å²) in [6, 6.07) is 3.17. The molecule has 0 fully saturated rings. The molecule has 0 bridgehead atoms. The lowest BCUT2D eigenvalue weighted by Gasteiger charge is -2.24. The Balaban J connectivity index is 1.98. The molecule has 2 heterocycles. The minimum absolute atomic E-state index is 0.135. The number of aromatic nitrogens is 1. The smallest absolute Gasteiger partial charge is 0.416 e. The Morgan fingerprint density at radius 3 is 2.72 bits per heavy atom. The number of azo groups is 1. The molecule has 130 valence electrons. The number of carboxylic acid groups (broad SMARTS) is 1. The van der Waals surface area contributed by atoms with E-state index in [1.165, 1.54) is 6.07 Å². The number of ketones is 1. The van der Waals surface area contributed by atoms with Crippen LogP contribution in [0.1, 0.15) is 17.0 Å². The van der Waals surface area contributed by atoms with Crippen LogP contribution in [0.4, 0.5) is 13.2 Å². The van der Waals surface area contributed by atoms with Gasteiger partial charge in [-0.1, -0.05) is 0 Å². The lowest BCUT2D eigenvalue weighted by molar-refractivity contribution is -0.140. The van der Waals surface area contributed by atoms with Gasteiger partial charge in [0.05, 0.1) is 33.4 Å². The van der Waals surface area contributed by atoms with Crippen LogP contribution in [0.25, 0.3) is 10.2 Å². The Morgan fingerprint density at radius 1 is 1.32 bits per heavy atom. The summed E-state index contributed by atoms with van der Waals surface area (Å²) in [5.41, 5.74) is -2.31. The number of halogens is 3. The second kappa shape index (κ2) is 6.03. The molecule has 0 aliphatic carbocycles. The fourth-order valence-electron chi connectivity index (χ4n) is 2.48. The zero-order valence-corrected chi connectivity index (χ0v) is 13.3. The predicted molar refractivity (Wildman–Crippen MR) is 82.3 cm³/mol. The first kappa shape index (κ1) is 17.2. The van der Waals surface area contributed by atoms with Crippen molar-refractivity contribution in [2.75, 3.05) is 0 Å². The molecule has 3 rings (SSSR count). The number of carboxylic acids is 1. The Kier molecular flexibility index (Phi) is 4.15. The number of nitrogens with zero attached hydrogens (tertiary/aromatic N) is 3. The molecule has 1 aliphatic rings. The normalized spacial score (nSPS) is 20.4. The van der Waals surface area contributed by atoms with Crippen molar-refractivity contribution in [2.45, 2.75) is 24.6 Å². The summed E-state index contributed by atoms with van der Waals surface area (Å²) in [5, 5.41) is 16.8. The highest BCUT2D eigenvalue weighted by atomic mass is 32.1. The number of fused-ring (bicyclic) bond motifs is 1. The minimum Gasteiger partial charge on any atom is -0.481 e. The molecule has 1 unspecified atom stereocenters. The van der Waals surface area contributed by atoms with Crippen molar-refractivity contribution in [3.8, 4) is 0 Å². The van der Waals surface area contributed by atoms with Gasteiger partial charge in [-0.05, 0) is 18.2 Å². The summed E-state index contributed by atoms with van der Waals surface area (Å²) in [4.78, 5) is 27.4. The van der Waals surface area contributed by atoms with Crippen LogP contribution in [-0.4, -0.2) is 27.4 Å². The zero-order chi connectivity index (χ0) is 18.2.